The van der Waals surface area contributed by atoms with E-state index in [1.165, 1.54) is 12.1 Å². The van der Waals surface area contributed by atoms with Gasteiger partial charge in [0.25, 0.3) is 6.08 Å². The second-order valence-electron chi connectivity index (χ2n) is 6.30. The van der Waals surface area contributed by atoms with Gasteiger partial charge in [-0.3, -0.25) is 0 Å². The molecule has 0 heterocycles. The molecule has 0 unspecified atom stereocenters. The molecule has 0 spiro atoms. The number of hydrogen-bond donors (Lipinski definition) is 0. The summed E-state index contributed by atoms with van der Waals surface area (Å²) in [6, 6.07) is 12.5. The highest BCUT2D eigenvalue weighted by Gasteiger charge is 2.14. The first kappa shape index (κ1) is 18.9. The molecule has 0 nitrogen and oxygen atoms in total. The molecule has 0 aliphatic heterocycles. The van der Waals surface area contributed by atoms with Gasteiger partial charge in [0.2, 0.25) is 0 Å². The van der Waals surface area contributed by atoms with Gasteiger partial charge in [-0.2, -0.15) is 8.78 Å². The van der Waals surface area contributed by atoms with Crippen molar-refractivity contribution in [2.45, 2.75) is 19.8 Å². The van der Waals surface area contributed by atoms with Crippen LogP contribution >= 0.6 is 0 Å². The monoisotopic (exact) mass is 370 g/mol. The average molecular weight is 370 g/mol. The molecular weight excluding hydrogens is 352 g/mol. The Bertz CT molecular complexity index is 1000. The molecule has 0 saturated heterocycles. The molecule has 0 amide bonds. The lowest BCUT2D eigenvalue weighted by molar-refractivity contribution is 0.429. The van der Waals surface area contributed by atoms with Crippen LogP contribution in [0, 0.1) is 11.6 Å². The molecule has 0 fully saturated rings. The van der Waals surface area contributed by atoms with Crippen molar-refractivity contribution >= 4 is 16.8 Å². The lowest BCUT2D eigenvalue weighted by Crippen LogP contribution is -1.95. The van der Waals surface area contributed by atoms with Crippen molar-refractivity contribution in [1.29, 1.82) is 0 Å². The van der Waals surface area contributed by atoms with Crippen LogP contribution in [0.1, 0.15) is 24.5 Å². The van der Waals surface area contributed by atoms with Crippen molar-refractivity contribution in [3.8, 4) is 11.1 Å². The molecule has 0 radical (unpaired) electrons. The standard InChI is InChI=1S/C23H18F4/c1-2-3-4-5-15-11-20(24)23(21(25)12-15)19-9-8-17-10-16(13-22(26)27)6-7-18(17)14-19/h2-3,6-14H,4-5H2,1H3/b3-2+. The summed E-state index contributed by atoms with van der Waals surface area (Å²) in [5.41, 5.74) is 1.32. The fourth-order valence-corrected chi connectivity index (χ4v) is 3.10. The van der Waals surface area contributed by atoms with Crippen LogP contribution in [0.5, 0.6) is 0 Å². The van der Waals surface area contributed by atoms with E-state index in [0.29, 0.717) is 23.1 Å². The van der Waals surface area contributed by atoms with E-state index >= 15 is 0 Å². The first-order chi connectivity index (χ1) is 13.0. The lowest BCUT2D eigenvalue weighted by atomic mass is 9.97. The Morgan fingerprint density at radius 2 is 1.56 bits per heavy atom. The van der Waals surface area contributed by atoms with Gasteiger partial charge in [-0.25, -0.2) is 8.78 Å². The van der Waals surface area contributed by atoms with E-state index in [1.807, 2.05) is 19.1 Å². The third-order valence-electron chi connectivity index (χ3n) is 4.37. The first-order valence-corrected chi connectivity index (χ1v) is 8.64. The lowest BCUT2D eigenvalue weighted by Gasteiger charge is -2.10. The molecule has 3 rings (SSSR count). The number of aryl methyl sites for hydroxylation is 1. The number of fused-ring (bicyclic) bond motifs is 1. The van der Waals surface area contributed by atoms with Crippen molar-refractivity contribution in [3.05, 3.63) is 89.5 Å². The number of hydrogen-bond acceptors (Lipinski definition) is 0. The Kier molecular flexibility index (Phi) is 5.75. The zero-order chi connectivity index (χ0) is 19.4. The van der Waals surface area contributed by atoms with E-state index in [9.17, 15) is 17.6 Å². The molecule has 0 aromatic heterocycles. The average Bonchev–Trinajstić information content (AvgIpc) is 2.61. The topological polar surface area (TPSA) is 0 Å². The van der Waals surface area contributed by atoms with Crippen LogP contribution in [0.2, 0.25) is 0 Å². The van der Waals surface area contributed by atoms with Gasteiger partial charge in [0.1, 0.15) is 11.6 Å². The SMILES string of the molecule is C/C=C/CCc1cc(F)c(-c2ccc3cc(C=C(F)F)ccc3c2)c(F)c1. The predicted molar refractivity (Wildman–Crippen MR) is 103 cm³/mol. The van der Waals surface area contributed by atoms with E-state index in [0.717, 1.165) is 23.3 Å². The van der Waals surface area contributed by atoms with Crippen molar-refractivity contribution in [2.75, 3.05) is 0 Å². The maximum Gasteiger partial charge on any atom is 0.270 e. The summed E-state index contributed by atoms with van der Waals surface area (Å²) in [5.74, 6) is -1.22. The van der Waals surface area contributed by atoms with Gasteiger partial charge in [-0.05, 0) is 71.5 Å². The molecule has 0 atom stereocenters. The van der Waals surface area contributed by atoms with Gasteiger partial charge in [0.05, 0.1) is 5.56 Å². The fourth-order valence-electron chi connectivity index (χ4n) is 3.10. The zero-order valence-corrected chi connectivity index (χ0v) is 14.8. The van der Waals surface area contributed by atoms with Gasteiger partial charge in [0.15, 0.2) is 0 Å². The Labute approximate surface area is 155 Å². The molecule has 0 N–H and O–H groups in total. The number of allylic oxidation sites excluding steroid dienone is 2. The molecule has 27 heavy (non-hydrogen) atoms. The van der Waals surface area contributed by atoms with Gasteiger partial charge in [-0.1, -0.05) is 36.4 Å². The fraction of sp³-hybridized carbons (Fsp3) is 0.130. The Balaban J connectivity index is 1.98. The molecule has 0 bridgehead atoms. The van der Waals surface area contributed by atoms with Crippen molar-refractivity contribution in [1.82, 2.24) is 0 Å². The van der Waals surface area contributed by atoms with E-state index in [4.69, 9.17) is 0 Å². The molecule has 3 aromatic carbocycles. The Morgan fingerprint density at radius 3 is 2.22 bits per heavy atom. The van der Waals surface area contributed by atoms with Crippen LogP contribution in [0.25, 0.3) is 28.0 Å². The molecule has 138 valence electrons. The van der Waals surface area contributed by atoms with Crippen molar-refractivity contribution in [2.24, 2.45) is 0 Å². The van der Waals surface area contributed by atoms with Crippen LogP contribution in [0.4, 0.5) is 17.6 Å². The summed E-state index contributed by atoms with van der Waals surface area (Å²) in [4.78, 5) is 0. The van der Waals surface area contributed by atoms with Gasteiger partial charge >= 0.3 is 0 Å². The van der Waals surface area contributed by atoms with Gasteiger partial charge < -0.3 is 0 Å². The van der Waals surface area contributed by atoms with E-state index < -0.39 is 17.7 Å². The highest BCUT2D eigenvalue weighted by atomic mass is 19.3. The Hall–Kier alpha value is -2.88. The highest BCUT2D eigenvalue weighted by molar-refractivity contribution is 5.89. The summed E-state index contributed by atoms with van der Waals surface area (Å²) in [6.45, 7) is 1.90. The molecule has 0 aliphatic carbocycles. The largest absolute Gasteiger partial charge is 0.270 e. The van der Waals surface area contributed by atoms with E-state index in [1.54, 1.807) is 36.4 Å². The number of halogens is 4. The molecule has 3 aromatic rings. The second kappa shape index (κ2) is 8.21. The summed E-state index contributed by atoms with van der Waals surface area (Å²) in [5, 5.41) is 1.44. The normalized spacial score (nSPS) is 11.3. The Morgan fingerprint density at radius 1 is 0.889 bits per heavy atom. The molecule has 4 heteroatoms. The molecule has 0 aliphatic rings. The third kappa shape index (κ3) is 4.45. The van der Waals surface area contributed by atoms with Crippen LogP contribution in [0.3, 0.4) is 0 Å². The van der Waals surface area contributed by atoms with Crippen molar-refractivity contribution < 1.29 is 17.6 Å². The van der Waals surface area contributed by atoms with Crippen LogP contribution in [0.15, 0.2) is 66.8 Å². The minimum absolute atomic E-state index is 0.0783. The van der Waals surface area contributed by atoms with Crippen LogP contribution < -0.4 is 0 Å². The van der Waals surface area contributed by atoms with Gasteiger partial charge in [0, 0.05) is 6.08 Å². The van der Waals surface area contributed by atoms with Gasteiger partial charge in [-0.15, -0.1) is 0 Å². The van der Waals surface area contributed by atoms with E-state index in [-0.39, 0.29) is 5.56 Å². The maximum absolute atomic E-state index is 14.6. The maximum atomic E-state index is 14.6. The minimum Gasteiger partial charge on any atom is -0.206 e. The van der Waals surface area contributed by atoms with Crippen LogP contribution in [-0.2, 0) is 6.42 Å². The van der Waals surface area contributed by atoms with E-state index in [2.05, 4.69) is 0 Å². The number of benzene rings is 3. The quantitative estimate of drug-likeness (QED) is 0.322. The summed E-state index contributed by atoms with van der Waals surface area (Å²) < 4.78 is 53.9. The summed E-state index contributed by atoms with van der Waals surface area (Å²) >= 11 is 0. The predicted octanol–water partition coefficient (Wildman–Crippen LogP) is 7.53. The second-order valence-corrected chi connectivity index (χ2v) is 6.30. The van der Waals surface area contributed by atoms with Crippen LogP contribution in [-0.4, -0.2) is 0 Å². The highest BCUT2D eigenvalue weighted by Crippen LogP contribution is 2.31. The zero-order valence-electron chi connectivity index (χ0n) is 14.8. The first-order valence-electron chi connectivity index (χ1n) is 8.64. The molecule has 0 saturated carbocycles. The smallest absolute Gasteiger partial charge is 0.206 e. The number of rotatable bonds is 5. The minimum atomic E-state index is -1.77. The summed E-state index contributed by atoms with van der Waals surface area (Å²) in [7, 11) is 0. The molecular formula is C23H18F4. The third-order valence-corrected chi connectivity index (χ3v) is 4.37. The van der Waals surface area contributed by atoms with Crippen molar-refractivity contribution in [3.63, 3.8) is 0 Å². The summed E-state index contributed by atoms with van der Waals surface area (Å²) in [6.07, 6.45) is 4.15.